The van der Waals surface area contributed by atoms with Crippen molar-refractivity contribution >= 4 is 11.1 Å². The molecule has 0 radical (unpaired) electrons. The van der Waals surface area contributed by atoms with E-state index in [0.29, 0.717) is 5.41 Å². The monoisotopic (exact) mass is 526 g/mol. The van der Waals surface area contributed by atoms with Gasteiger partial charge in [-0.2, -0.15) is 0 Å². The zero-order valence-corrected chi connectivity index (χ0v) is 25.5. The predicted molar refractivity (Wildman–Crippen MR) is 158 cm³/mol. The molecule has 0 saturated heterocycles. The fourth-order valence-electron chi connectivity index (χ4n) is 8.02. The van der Waals surface area contributed by atoms with Crippen LogP contribution in [0.2, 0.25) is 0 Å². The fourth-order valence-corrected chi connectivity index (χ4v) is 8.90. The van der Waals surface area contributed by atoms with Crippen molar-refractivity contribution in [1.82, 2.24) is 0 Å². The van der Waals surface area contributed by atoms with Crippen molar-refractivity contribution in [2.75, 3.05) is 0 Å². The summed E-state index contributed by atoms with van der Waals surface area (Å²) in [6, 6.07) is 7.93. The van der Waals surface area contributed by atoms with Crippen LogP contribution in [0, 0.1) is 47.8 Å². The Labute approximate surface area is 231 Å². The van der Waals surface area contributed by atoms with Crippen LogP contribution < -0.4 is 0 Å². The van der Waals surface area contributed by atoms with Gasteiger partial charge < -0.3 is 0 Å². The lowest BCUT2D eigenvalue weighted by Gasteiger charge is -2.52. The van der Waals surface area contributed by atoms with Crippen molar-refractivity contribution in [1.29, 1.82) is 0 Å². The van der Waals surface area contributed by atoms with Gasteiger partial charge in [0.1, 0.15) is 0 Å². The Bertz CT molecular complexity index is 918. The minimum absolute atomic E-state index is 0.0721. The second-order valence-corrected chi connectivity index (χ2v) is 14.8. The van der Waals surface area contributed by atoms with Crippen LogP contribution >= 0.6 is 0 Å². The Kier molecular flexibility index (Phi) is 10.2. The summed E-state index contributed by atoms with van der Waals surface area (Å²) in [4.78, 5) is 0.787. The van der Waals surface area contributed by atoms with E-state index in [1.165, 1.54) is 69.8 Å². The van der Waals surface area contributed by atoms with Gasteiger partial charge in [0.15, 0.2) is 11.1 Å². The van der Waals surface area contributed by atoms with E-state index in [1.54, 1.807) is 5.57 Å². The molecule has 2 fully saturated rings. The number of aryl methyl sites for hydroxylation is 1. The summed E-state index contributed by atoms with van der Waals surface area (Å²) in [5.41, 5.74) is 3.09. The molecule has 1 aromatic carbocycles. The van der Waals surface area contributed by atoms with Gasteiger partial charge in [-0.1, -0.05) is 102 Å². The maximum atomic E-state index is 12.9. The van der Waals surface area contributed by atoms with E-state index in [9.17, 15) is 4.21 Å². The molecule has 0 unspecified atom stereocenters. The number of benzene rings is 1. The third kappa shape index (κ3) is 7.18. The largest absolute Gasteiger partial charge is 0.283 e. The number of fused-ring (bicyclic) bond motifs is 3. The van der Waals surface area contributed by atoms with Crippen LogP contribution in [-0.4, -0.2) is 10.3 Å². The number of allylic oxidation sites excluding steroid dienone is 1. The molecule has 1 aromatic rings. The summed E-state index contributed by atoms with van der Waals surface area (Å²) in [6.07, 6.45) is 18.3. The SMILES string of the molecule is Cc1ccc([S@@](=O)O[C@H]2CC[C@@]3(C)C(=CC[C@H]4[C@@H](C)CC[C@H]([C@H](C)CCCC(C)C)CCC[C@@H]43)C2)cc1. The third-order valence-electron chi connectivity index (χ3n) is 10.6. The fraction of sp³-hybridized carbons (Fsp3) is 0.765. The van der Waals surface area contributed by atoms with E-state index in [4.69, 9.17) is 4.18 Å². The third-order valence-corrected chi connectivity index (χ3v) is 11.7. The minimum atomic E-state index is -1.38. The van der Waals surface area contributed by atoms with Gasteiger partial charge in [-0.3, -0.25) is 4.18 Å². The Morgan fingerprint density at radius 2 is 1.78 bits per heavy atom. The summed E-state index contributed by atoms with van der Waals surface area (Å²) in [6.45, 7) is 14.5. The number of hydrogen-bond acceptors (Lipinski definition) is 2. The Balaban J connectivity index is 1.38. The average molecular weight is 527 g/mol. The molecule has 0 heterocycles. The highest BCUT2D eigenvalue weighted by molar-refractivity contribution is 7.80. The van der Waals surface area contributed by atoms with Crippen molar-refractivity contribution in [2.45, 2.75) is 130 Å². The Morgan fingerprint density at radius 3 is 2.51 bits per heavy atom. The summed E-state index contributed by atoms with van der Waals surface area (Å²) in [5.74, 6) is 5.05. The van der Waals surface area contributed by atoms with E-state index in [1.807, 2.05) is 24.3 Å². The molecule has 3 aliphatic carbocycles. The Hall–Kier alpha value is -0.930. The molecule has 2 nitrogen and oxygen atoms in total. The number of hydrogen-bond donors (Lipinski definition) is 0. The van der Waals surface area contributed by atoms with E-state index < -0.39 is 11.1 Å². The zero-order valence-electron chi connectivity index (χ0n) is 24.6. The summed E-state index contributed by atoms with van der Waals surface area (Å²) >= 11 is -1.38. The van der Waals surface area contributed by atoms with Crippen LogP contribution in [0.25, 0.3) is 0 Å². The molecule has 0 spiro atoms. The van der Waals surface area contributed by atoms with Crippen LogP contribution in [0.1, 0.15) is 117 Å². The lowest BCUT2D eigenvalue weighted by molar-refractivity contribution is 0.0411. The Morgan fingerprint density at radius 1 is 1.03 bits per heavy atom. The highest BCUT2D eigenvalue weighted by Gasteiger charge is 2.48. The summed E-state index contributed by atoms with van der Waals surface area (Å²) in [7, 11) is 0. The molecule has 0 bridgehead atoms. The zero-order chi connectivity index (χ0) is 26.6. The molecular weight excluding hydrogens is 472 g/mol. The molecule has 0 amide bonds. The molecule has 2 saturated carbocycles. The summed E-state index contributed by atoms with van der Waals surface area (Å²) in [5, 5.41) is 0. The topological polar surface area (TPSA) is 26.3 Å². The molecule has 0 aromatic heterocycles. The van der Waals surface area contributed by atoms with Crippen molar-refractivity contribution < 1.29 is 8.39 Å². The molecule has 4 rings (SSSR count). The smallest absolute Gasteiger partial charge is 0.189 e. The first-order valence-electron chi connectivity index (χ1n) is 15.5. The highest BCUT2D eigenvalue weighted by Crippen LogP contribution is 2.57. The second-order valence-electron chi connectivity index (χ2n) is 13.7. The normalized spacial score (nSPS) is 34.4. The van der Waals surface area contributed by atoms with Crippen molar-refractivity contribution in [3.63, 3.8) is 0 Å². The molecule has 3 aliphatic rings. The molecule has 208 valence electrons. The number of rotatable bonds is 8. The predicted octanol–water partition coefficient (Wildman–Crippen LogP) is 9.83. The highest BCUT2D eigenvalue weighted by atomic mass is 32.2. The quantitative estimate of drug-likeness (QED) is 0.315. The average Bonchev–Trinajstić information content (AvgIpc) is 2.94. The molecule has 3 heteroatoms. The van der Waals surface area contributed by atoms with Crippen molar-refractivity contribution in [3.05, 3.63) is 41.5 Å². The molecule has 37 heavy (non-hydrogen) atoms. The maximum absolute atomic E-state index is 12.9. The van der Waals surface area contributed by atoms with Gasteiger partial charge in [0.25, 0.3) is 0 Å². The van der Waals surface area contributed by atoms with E-state index in [2.05, 4.69) is 47.6 Å². The van der Waals surface area contributed by atoms with Gasteiger partial charge in [-0.15, -0.1) is 0 Å². The lowest BCUT2D eigenvalue weighted by Crippen LogP contribution is -2.44. The van der Waals surface area contributed by atoms with Crippen molar-refractivity contribution in [2.24, 2.45) is 40.9 Å². The second kappa shape index (κ2) is 12.9. The van der Waals surface area contributed by atoms with Gasteiger partial charge in [0.2, 0.25) is 0 Å². The van der Waals surface area contributed by atoms with E-state index >= 15 is 0 Å². The van der Waals surface area contributed by atoms with Gasteiger partial charge >= 0.3 is 0 Å². The first-order chi connectivity index (χ1) is 17.7. The molecular formula is C34H54O2S. The first-order valence-corrected chi connectivity index (χ1v) is 16.6. The van der Waals surface area contributed by atoms with Crippen LogP contribution in [0.15, 0.2) is 40.8 Å². The van der Waals surface area contributed by atoms with Gasteiger partial charge in [-0.05, 0) is 98.5 Å². The van der Waals surface area contributed by atoms with Crippen LogP contribution in [0.4, 0.5) is 0 Å². The van der Waals surface area contributed by atoms with Gasteiger partial charge in [-0.25, -0.2) is 4.21 Å². The molecule has 8 atom stereocenters. The van der Waals surface area contributed by atoms with E-state index in [-0.39, 0.29) is 6.10 Å². The van der Waals surface area contributed by atoms with Gasteiger partial charge in [0, 0.05) is 0 Å². The van der Waals surface area contributed by atoms with Crippen LogP contribution in [-0.2, 0) is 15.3 Å². The van der Waals surface area contributed by atoms with E-state index in [0.717, 1.165) is 53.2 Å². The maximum Gasteiger partial charge on any atom is 0.189 e. The molecule has 0 aliphatic heterocycles. The lowest BCUT2D eigenvalue weighted by atomic mass is 9.54. The minimum Gasteiger partial charge on any atom is -0.283 e. The standard InChI is InChI=1S/C34H54O2S/c1-24(2)9-7-10-26(4)28-11-8-12-33-32(27(5)15-16-28)20-17-29-23-30(21-22-34(29,33)6)36-37(35)31-18-13-25(3)14-19-31/h13-14,17-19,24,26-28,30,32-33H,7-12,15-16,20-23H2,1-6H3/t26-,27+,28-,30+,32+,33+,34+,37+/m1/s1. The first kappa shape index (κ1) is 29.1. The van der Waals surface area contributed by atoms with Crippen LogP contribution in [0.3, 0.4) is 0 Å². The summed E-state index contributed by atoms with van der Waals surface area (Å²) < 4.78 is 19.1. The van der Waals surface area contributed by atoms with Crippen LogP contribution in [0.5, 0.6) is 0 Å². The molecule has 0 N–H and O–H groups in total. The van der Waals surface area contributed by atoms with Crippen molar-refractivity contribution in [3.8, 4) is 0 Å². The van der Waals surface area contributed by atoms with Gasteiger partial charge in [0.05, 0.1) is 11.0 Å².